The highest BCUT2D eigenvalue weighted by atomic mass is 35.5. The number of rotatable bonds is 6. The van der Waals surface area contributed by atoms with E-state index >= 15 is 0 Å². The van der Waals surface area contributed by atoms with Crippen LogP contribution in [0, 0.1) is 0 Å². The molecule has 0 aliphatic heterocycles. The van der Waals surface area contributed by atoms with Crippen LogP contribution in [0.1, 0.15) is 23.2 Å². The van der Waals surface area contributed by atoms with Crippen molar-refractivity contribution >= 4 is 23.2 Å². The number of ether oxygens (including phenoxy) is 1. The molecule has 0 aliphatic carbocycles. The quantitative estimate of drug-likeness (QED) is 0.605. The maximum atomic E-state index is 11.7. The van der Waals surface area contributed by atoms with E-state index in [1.807, 2.05) is 0 Å². The summed E-state index contributed by atoms with van der Waals surface area (Å²) in [6.07, 6.45) is 1.80. The molecule has 94 valence electrons. The van der Waals surface area contributed by atoms with Gasteiger partial charge in [0.05, 0.1) is 10.6 Å². The van der Waals surface area contributed by atoms with Crippen molar-refractivity contribution in [1.29, 1.82) is 0 Å². The topological polar surface area (TPSA) is 64.3 Å². The van der Waals surface area contributed by atoms with Crippen molar-refractivity contribution in [3.05, 3.63) is 28.8 Å². The Balaban J connectivity index is 2.42. The minimum absolute atomic E-state index is 0.174. The second kappa shape index (κ2) is 7.14. The average molecular weight is 257 g/mol. The highest BCUT2D eigenvalue weighted by Gasteiger charge is 2.09. The molecular weight excluding hydrogens is 240 g/mol. The molecule has 1 aromatic rings. The van der Waals surface area contributed by atoms with Crippen LogP contribution in [0.2, 0.25) is 5.02 Å². The number of nitrogen functional groups attached to an aromatic ring is 1. The van der Waals surface area contributed by atoms with E-state index in [4.69, 9.17) is 22.1 Å². The molecule has 0 spiro atoms. The van der Waals surface area contributed by atoms with Crippen molar-refractivity contribution < 1.29 is 9.53 Å². The van der Waals surface area contributed by atoms with Crippen LogP contribution in [0.15, 0.2) is 18.2 Å². The van der Waals surface area contributed by atoms with Crippen LogP contribution in [0.4, 0.5) is 5.69 Å². The second-order valence-electron chi connectivity index (χ2n) is 3.70. The molecule has 0 fully saturated rings. The maximum absolute atomic E-state index is 11.7. The molecule has 0 radical (unpaired) electrons. The lowest BCUT2D eigenvalue weighted by molar-refractivity contribution is 0.0951. The van der Waals surface area contributed by atoms with Gasteiger partial charge >= 0.3 is 0 Å². The van der Waals surface area contributed by atoms with Gasteiger partial charge < -0.3 is 15.8 Å². The lowest BCUT2D eigenvalue weighted by atomic mass is 10.2. The Hall–Kier alpha value is -1.26. The van der Waals surface area contributed by atoms with Crippen LogP contribution >= 0.6 is 11.6 Å². The Morgan fingerprint density at radius 3 is 2.88 bits per heavy atom. The van der Waals surface area contributed by atoms with Crippen LogP contribution < -0.4 is 11.1 Å². The molecule has 0 saturated carbocycles. The molecule has 5 heteroatoms. The second-order valence-corrected chi connectivity index (χ2v) is 4.10. The summed E-state index contributed by atoms with van der Waals surface area (Å²) >= 11 is 5.93. The first-order valence-electron chi connectivity index (χ1n) is 5.47. The summed E-state index contributed by atoms with van der Waals surface area (Å²) in [5.41, 5.74) is 6.55. The molecule has 0 aliphatic rings. The summed E-state index contributed by atoms with van der Waals surface area (Å²) in [7, 11) is 1.66. The number of nitrogens with one attached hydrogen (secondary N) is 1. The number of amides is 1. The first-order valence-corrected chi connectivity index (χ1v) is 5.85. The van der Waals surface area contributed by atoms with Gasteiger partial charge in [-0.25, -0.2) is 0 Å². The lowest BCUT2D eigenvalue weighted by Gasteiger charge is -2.07. The molecule has 3 N–H and O–H groups in total. The number of anilines is 1. The summed E-state index contributed by atoms with van der Waals surface area (Å²) in [5, 5.41) is 3.17. The van der Waals surface area contributed by atoms with E-state index < -0.39 is 0 Å². The van der Waals surface area contributed by atoms with Crippen molar-refractivity contribution in [1.82, 2.24) is 5.32 Å². The normalized spacial score (nSPS) is 10.2. The Labute approximate surface area is 106 Å². The van der Waals surface area contributed by atoms with E-state index in [1.165, 1.54) is 0 Å². The van der Waals surface area contributed by atoms with Crippen molar-refractivity contribution in [2.45, 2.75) is 12.8 Å². The fourth-order valence-corrected chi connectivity index (χ4v) is 1.66. The van der Waals surface area contributed by atoms with E-state index in [2.05, 4.69) is 5.32 Å². The van der Waals surface area contributed by atoms with Crippen LogP contribution in [0.3, 0.4) is 0 Å². The molecular formula is C12H17ClN2O2. The van der Waals surface area contributed by atoms with Crippen molar-refractivity contribution in [3.8, 4) is 0 Å². The van der Waals surface area contributed by atoms with Gasteiger partial charge in [-0.15, -0.1) is 0 Å². The van der Waals surface area contributed by atoms with Gasteiger partial charge in [-0.1, -0.05) is 11.6 Å². The summed E-state index contributed by atoms with van der Waals surface area (Å²) in [6, 6.07) is 4.86. The monoisotopic (exact) mass is 256 g/mol. The number of methoxy groups -OCH3 is 1. The lowest BCUT2D eigenvalue weighted by Crippen LogP contribution is -2.24. The zero-order valence-electron chi connectivity index (χ0n) is 9.83. The third kappa shape index (κ3) is 4.63. The fraction of sp³-hybridized carbons (Fsp3) is 0.417. The number of carbonyl (C=O) groups excluding carboxylic acids is 1. The molecule has 0 saturated heterocycles. The largest absolute Gasteiger partial charge is 0.399 e. The number of hydrogen-bond acceptors (Lipinski definition) is 3. The Bertz CT molecular complexity index is 383. The SMILES string of the molecule is COCCCCNC(=O)c1ccc(N)cc1Cl. The minimum atomic E-state index is -0.174. The Morgan fingerprint density at radius 1 is 1.47 bits per heavy atom. The van der Waals surface area contributed by atoms with Gasteiger partial charge in [-0.05, 0) is 31.0 Å². The predicted octanol–water partition coefficient (Wildman–Crippen LogP) is 2.08. The van der Waals surface area contributed by atoms with Crippen molar-refractivity contribution in [2.75, 3.05) is 26.0 Å². The number of hydrogen-bond donors (Lipinski definition) is 2. The Kier molecular flexibility index (Phi) is 5.80. The van der Waals surface area contributed by atoms with Gasteiger partial charge in [0.25, 0.3) is 5.91 Å². The highest BCUT2D eigenvalue weighted by molar-refractivity contribution is 6.34. The van der Waals surface area contributed by atoms with Gasteiger partial charge in [-0.2, -0.15) is 0 Å². The number of carbonyl (C=O) groups is 1. The molecule has 0 heterocycles. The average Bonchev–Trinajstić information content (AvgIpc) is 2.28. The third-order valence-corrected chi connectivity index (χ3v) is 2.61. The smallest absolute Gasteiger partial charge is 0.252 e. The first-order chi connectivity index (χ1) is 8.15. The molecule has 0 bridgehead atoms. The van der Waals surface area contributed by atoms with Gasteiger partial charge in [0.15, 0.2) is 0 Å². The van der Waals surface area contributed by atoms with Gasteiger partial charge in [0.2, 0.25) is 0 Å². The van der Waals surface area contributed by atoms with Gasteiger partial charge in [0, 0.05) is 25.9 Å². The third-order valence-electron chi connectivity index (χ3n) is 2.30. The maximum Gasteiger partial charge on any atom is 0.252 e. The van der Waals surface area contributed by atoms with Crippen LogP contribution in [-0.2, 0) is 4.74 Å². The molecule has 1 aromatic carbocycles. The van der Waals surface area contributed by atoms with Crippen LogP contribution in [0.25, 0.3) is 0 Å². The van der Waals surface area contributed by atoms with Gasteiger partial charge in [-0.3, -0.25) is 4.79 Å². The molecule has 1 rings (SSSR count). The molecule has 0 atom stereocenters. The van der Waals surface area contributed by atoms with Crippen LogP contribution in [-0.4, -0.2) is 26.2 Å². The van der Waals surface area contributed by atoms with Crippen molar-refractivity contribution in [2.24, 2.45) is 0 Å². The number of halogens is 1. The van der Waals surface area contributed by atoms with Crippen molar-refractivity contribution in [3.63, 3.8) is 0 Å². The standard InChI is InChI=1S/C12H17ClN2O2/c1-17-7-3-2-6-15-12(16)10-5-4-9(14)8-11(10)13/h4-5,8H,2-3,6-7,14H2,1H3,(H,15,16). The highest BCUT2D eigenvalue weighted by Crippen LogP contribution is 2.18. The number of benzene rings is 1. The summed E-state index contributed by atoms with van der Waals surface area (Å²) in [4.78, 5) is 11.7. The Morgan fingerprint density at radius 2 is 2.24 bits per heavy atom. The molecule has 1 amide bonds. The summed E-state index contributed by atoms with van der Waals surface area (Å²) < 4.78 is 4.92. The number of nitrogens with two attached hydrogens (primary N) is 1. The summed E-state index contributed by atoms with van der Waals surface area (Å²) in [6.45, 7) is 1.32. The van der Waals surface area contributed by atoms with E-state index in [1.54, 1.807) is 25.3 Å². The zero-order chi connectivity index (χ0) is 12.7. The zero-order valence-corrected chi connectivity index (χ0v) is 10.6. The summed E-state index contributed by atoms with van der Waals surface area (Å²) in [5.74, 6) is -0.174. The van der Waals surface area contributed by atoms with E-state index in [0.29, 0.717) is 29.4 Å². The van der Waals surface area contributed by atoms with Gasteiger partial charge in [0.1, 0.15) is 0 Å². The van der Waals surface area contributed by atoms with Crippen LogP contribution in [0.5, 0.6) is 0 Å². The number of unbranched alkanes of at least 4 members (excludes halogenated alkanes) is 1. The predicted molar refractivity (Wildman–Crippen MR) is 69.3 cm³/mol. The first kappa shape index (κ1) is 13.8. The minimum Gasteiger partial charge on any atom is -0.399 e. The molecule has 4 nitrogen and oxygen atoms in total. The fourth-order valence-electron chi connectivity index (χ4n) is 1.38. The molecule has 17 heavy (non-hydrogen) atoms. The molecule has 0 unspecified atom stereocenters. The van der Waals surface area contributed by atoms with E-state index in [-0.39, 0.29) is 5.91 Å². The molecule has 0 aromatic heterocycles. The van der Waals surface area contributed by atoms with E-state index in [9.17, 15) is 4.79 Å². The van der Waals surface area contributed by atoms with E-state index in [0.717, 1.165) is 12.8 Å².